The van der Waals surface area contributed by atoms with Gasteiger partial charge in [0.05, 0.1) is 22.4 Å². The Hall–Kier alpha value is -2.83. The molecule has 0 saturated carbocycles. The Morgan fingerprint density at radius 3 is 3.04 bits per heavy atom. The van der Waals surface area contributed by atoms with Gasteiger partial charge < -0.3 is 11.1 Å². The highest BCUT2D eigenvalue weighted by molar-refractivity contribution is 8.05. The minimum Gasteiger partial charge on any atom is -0.365 e. The van der Waals surface area contributed by atoms with Crippen LogP contribution in [0, 0.1) is 11.3 Å². The number of nitrogens with one attached hydrogen (secondary N) is 1. The van der Waals surface area contributed by atoms with Crippen molar-refractivity contribution in [3.63, 3.8) is 0 Å². The first kappa shape index (κ1) is 16.6. The van der Waals surface area contributed by atoms with Crippen molar-refractivity contribution in [2.75, 3.05) is 10.2 Å². The summed E-state index contributed by atoms with van der Waals surface area (Å²) in [5.74, 6) is -0.565. The molecule has 0 radical (unpaired) electrons. The number of hydrogen-bond donors (Lipinski definition) is 2. The monoisotopic (exact) mass is 383 g/mol. The summed E-state index contributed by atoms with van der Waals surface area (Å²) in [6, 6.07) is 7.99. The Kier molecular flexibility index (Phi) is 4.14. The Bertz CT molecular complexity index is 991. The molecular weight excluding hydrogens is 370 g/mol. The maximum absolute atomic E-state index is 11.8. The number of nitrogens with zero attached hydrogens (tertiary/aromatic N) is 3. The molecular formula is C17H13N5O2S2. The number of thioether (sulfide) groups is 1. The summed E-state index contributed by atoms with van der Waals surface area (Å²) in [4.78, 5) is 29.8. The van der Waals surface area contributed by atoms with E-state index < -0.39 is 11.3 Å². The normalized spacial score (nSPS) is 18.7. The van der Waals surface area contributed by atoms with Crippen molar-refractivity contribution in [2.24, 2.45) is 5.73 Å². The van der Waals surface area contributed by atoms with Gasteiger partial charge >= 0.3 is 0 Å². The highest BCUT2D eigenvalue weighted by atomic mass is 32.2. The predicted octanol–water partition coefficient (Wildman–Crippen LogP) is 2.42. The fraction of sp³-hybridized carbons (Fsp3) is 0.176. The molecule has 26 heavy (non-hydrogen) atoms. The first-order valence-corrected chi connectivity index (χ1v) is 9.56. The number of nitriles is 1. The number of amides is 2. The molecule has 9 heteroatoms. The van der Waals surface area contributed by atoms with Gasteiger partial charge in [0.25, 0.3) is 5.91 Å². The Morgan fingerprint density at radius 1 is 1.42 bits per heavy atom. The van der Waals surface area contributed by atoms with Crippen LogP contribution in [0.5, 0.6) is 0 Å². The number of rotatable bonds is 3. The summed E-state index contributed by atoms with van der Waals surface area (Å²) < 4.78 is 0. The summed E-state index contributed by atoms with van der Waals surface area (Å²) in [5.41, 5.74) is 8.75. The number of carbonyl (C=O) groups is 2. The number of hydrogen-bond acceptors (Lipinski definition) is 7. The van der Waals surface area contributed by atoms with Gasteiger partial charge in [-0.2, -0.15) is 5.26 Å². The highest BCUT2D eigenvalue weighted by Gasteiger charge is 2.31. The van der Waals surface area contributed by atoms with E-state index in [1.165, 1.54) is 11.3 Å². The van der Waals surface area contributed by atoms with Crippen molar-refractivity contribution in [1.82, 2.24) is 4.98 Å². The third-order valence-electron chi connectivity index (χ3n) is 4.13. The van der Waals surface area contributed by atoms with Crippen LogP contribution in [0.25, 0.3) is 11.3 Å². The second-order valence-corrected chi connectivity index (χ2v) is 7.73. The molecule has 3 N–H and O–H groups in total. The Morgan fingerprint density at radius 2 is 2.27 bits per heavy atom. The Labute approximate surface area is 157 Å². The molecule has 7 nitrogen and oxygen atoms in total. The fourth-order valence-corrected chi connectivity index (χ4v) is 4.65. The average Bonchev–Trinajstić information content (AvgIpc) is 3.27. The lowest BCUT2D eigenvalue weighted by atomic mass is 9.98. The molecule has 4 rings (SSSR count). The molecule has 0 aliphatic carbocycles. The highest BCUT2D eigenvalue weighted by Crippen LogP contribution is 2.40. The minimum absolute atomic E-state index is 0.00470. The molecule has 2 amide bonds. The van der Waals surface area contributed by atoms with Crippen LogP contribution >= 0.6 is 23.1 Å². The summed E-state index contributed by atoms with van der Waals surface area (Å²) in [6.45, 7) is 0. The molecule has 0 spiro atoms. The second-order valence-electron chi connectivity index (χ2n) is 5.77. The largest absolute Gasteiger partial charge is 0.365 e. The lowest BCUT2D eigenvalue weighted by Gasteiger charge is -2.19. The first-order chi connectivity index (χ1) is 12.6. The topological polar surface area (TPSA) is 112 Å². The van der Waals surface area contributed by atoms with Gasteiger partial charge in [-0.25, -0.2) is 4.98 Å². The predicted molar refractivity (Wildman–Crippen MR) is 101 cm³/mol. The van der Waals surface area contributed by atoms with Crippen LogP contribution in [0.1, 0.15) is 12.0 Å². The van der Waals surface area contributed by atoms with Gasteiger partial charge in [0, 0.05) is 23.6 Å². The van der Waals surface area contributed by atoms with Gasteiger partial charge in [-0.1, -0.05) is 30.0 Å². The van der Waals surface area contributed by atoms with E-state index in [2.05, 4.69) is 16.4 Å². The summed E-state index contributed by atoms with van der Waals surface area (Å²) in [7, 11) is 0. The van der Waals surface area contributed by atoms with Crippen molar-refractivity contribution in [3.05, 3.63) is 40.2 Å². The zero-order valence-corrected chi connectivity index (χ0v) is 15.1. The van der Waals surface area contributed by atoms with Crippen LogP contribution in [-0.2, 0) is 16.0 Å². The molecule has 2 aliphatic heterocycles. The van der Waals surface area contributed by atoms with Crippen molar-refractivity contribution >= 4 is 45.7 Å². The van der Waals surface area contributed by atoms with Crippen LogP contribution < -0.4 is 16.0 Å². The van der Waals surface area contributed by atoms with Crippen LogP contribution in [0.2, 0.25) is 0 Å². The molecule has 2 aliphatic rings. The SMILES string of the molecule is N#CC1SC(C(N)=O)=CN1c1nc(-c2cccc3c2NC(=O)CC3)cs1. The van der Waals surface area contributed by atoms with Crippen LogP contribution in [0.3, 0.4) is 0 Å². The van der Waals surface area contributed by atoms with E-state index in [9.17, 15) is 14.9 Å². The molecule has 0 bridgehead atoms. The van der Waals surface area contributed by atoms with Gasteiger partial charge in [-0.15, -0.1) is 11.3 Å². The zero-order chi connectivity index (χ0) is 18.3. The van der Waals surface area contributed by atoms with Gasteiger partial charge in [0.2, 0.25) is 5.91 Å². The van der Waals surface area contributed by atoms with E-state index in [0.717, 1.165) is 28.6 Å². The fourth-order valence-electron chi connectivity index (χ4n) is 2.89. The molecule has 130 valence electrons. The maximum atomic E-state index is 11.8. The van der Waals surface area contributed by atoms with Gasteiger partial charge in [-0.3, -0.25) is 14.5 Å². The number of thiazole rings is 1. The van der Waals surface area contributed by atoms with Crippen molar-refractivity contribution in [3.8, 4) is 17.3 Å². The number of aryl methyl sites for hydroxylation is 1. The lowest BCUT2D eigenvalue weighted by Crippen LogP contribution is -2.22. The van der Waals surface area contributed by atoms with Crippen LogP contribution in [-0.4, -0.2) is 22.2 Å². The number of nitrogens with two attached hydrogens (primary N) is 1. The number of anilines is 2. The summed E-state index contributed by atoms with van der Waals surface area (Å²) >= 11 is 2.48. The van der Waals surface area contributed by atoms with E-state index in [4.69, 9.17) is 5.73 Å². The van der Waals surface area contributed by atoms with Gasteiger partial charge in [0.1, 0.15) is 0 Å². The van der Waals surface area contributed by atoms with E-state index in [1.807, 2.05) is 23.6 Å². The molecule has 1 unspecified atom stereocenters. The van der Waals surface area contributed by atoms with Crippen LogP contribution in [0.4, 0.5) is 10.8 Å². The third-order valence-corrected chi connectivity index (χ3v) is 6.10. The maximum Gasteiger partial charge on any atom is 0.256 e. The van der Waals surface area contributed by atoms with E-state index >= 15 is 0 Å². The Balaban J connectivity index is 1.71. The molecule has 1 atom stereocenters. The van der Waals surface area contributed by atoms with Crippen molar-refractivity contribution in [2.45, 2.75) is 18.2 Å². The van der Waals surface area contributed by atoms with Crippen LogP contribution in [0.15, 0.2) is 34.7 Å². The second kappa shape index (κ2) is 6.48. The quantitative estimate of drug-likeness (QED) is 0.842. The molecule has 1 aromatic heterocycles. The van der Waals surface area contributed by atoms with Gasteiger partial charge in [0.15, 0.2) is 10.5 Å². The third kappa shape index (κ3) is 2.83. The van der Waals surface area contributed by atoms with E-state index in [-0.39, 0.29) is 5.91 Å². The number of benzene rings is 1. The van der Waals surface area contributed by atoms with Crippen molar-refractivity contribution in [1.29, 1.82) is 5.26 Å². The molecule has 0 fully saturated rings. The number of primary amides is 1. The average molecular weight is 383 g/mol. The van der Waals surface area contributed by atoms with Crippen molar-refractivity contribution < 1.29 is 9.59 Å². The standard InChI is InChI=1S/C17H13N5O2S2/c18-6-14-22(7-12(26-14)16(19)24)17-20-11(8-25-17)10-3-1-2-9-4-5-13(23)21-15(9)10/h1-3,7-8,14H,4-5H2,(H2,19,24)(H,21,23). The number of fused-ring (bicyclic) bond motifs is 1. The number of para-hydroxylation sites is 1. The van der Waals surface area contributed by atoms with E-state index in [1.54, 1.807) is 11.1 Å². The molecule has 2 aromatic rings. The van der Waals surface area contributed by atoms with E-state index in [0.29, 0.717) is 28.6 Å². The molecule has 1 aromatic carbocycles. The van der Waals surface area contributed by atoms with Gasteiger partial charge in [-0.05, 0) is 12.0 Å². The summed E-state index contributed by atoms with van der Waals surface area (Å²) in [6.07, 6.45) is 2.75. The number of aromatic nitrogens is 1. The minimum atomic E-state index is -0.583. The molecule has 0 saturated heterocycles. The smallest absolute Gasteiger partial charge is 0.256 e. The zero-order valence-electron chi connectivity index (χ0n) is 13.4. The number of carbonyl (C=O) groups excluding carboxylic acids is 2. The summed E-state index contributed by atoms with van der Waals surface area (Å²) in [5, 5.41) is 14.2. The lowest BCUT2D eigenvalue weighted by molar-refractivity contribution is -0.116. The first-order valence-electron chi connectivity index (χ1n) is 7.80. The molecule has 3 heterocycles.